The van der Waals surface area contributed by atoms with Gasteiger partial charge in [-0.25, -0.2) is 4.79 Å². The Morgan fingerprint density at radius 1 is 1.04 bits per heavy atom. The zero-order valence-electron chi connectivity index (χ0n) is 15.2. The Morgan fingerprint density at radius 2 is 1.86 bits per heavy atom. The minimum atomic E-state index is -0.330. The number of nitrogens with one attached hydrogen (secondary N) is 2. The van der Waals surface area contributed by atoms with Gasteiger partial charge in [-0.3, -0.25) is 0 Å². The second kappa shape index (κ2) is 7.75. The summed E-state index contributed by atoms with van der Waals surface area (Å²) in [5.74, 6) is 0.763. The molecule has 0 atom stereocenters. The van der Waals surface area contributed by atoms with E-state index in [4.69, 9.17) is 4.74 Å². The van der Waals surface area contributed by atoms with Crippen molar-refractivity contribution in [1.82, 2.24) is 19.8 Å². The number of benzene rings is 2. The number of carbonyl (C=O) groups excluding carboxylic acids is 1. The van der Waals surface area contributed by atoms with E-state index in [9.17, 15) is 4.79 Å². The maximum Gasteiger partial charge on any atom is 0.323 e. The third-order valence-electron chi connectivity index (χ3n) is 4.00. The molecule has 0 fully saturated rings. The maximum absolute atomic E-state index is 12.3. The van der Waals surface area contributed by atoms with Crippen LogP contribution in [0.1, 0.15) is 6.92 Å². The molecule has 2 aromatic carbocycles. The van der Waals surface area contributed by atoms with E-state index in [1.54, 1.807) is 23.0 Å². The summed E-state index contributed by atoms with van der Waals surface area (Å²) in [6.45, 7) is 2.52. The normalized spacial score (nSPS) is 10.6. The first-order chi connectivity index (χ1) is 13.7. The molecule has 0 spiro atoms. The predicted octanol–water partition coefficient (Wildman–Crippen LogP) is 3.83. The highest BCUT2D eigenvalue weighted by atomic mass is 16.5. The van der Waals surface area contributed by atoms with Gasteiger partial charge in [-0.15, -0.1) is 10.2 Å². The van der Waals surface area contributed by atoms with E-state index in [1.165, 1.54) is 0 Å². The van der Waals surface area contributed by atoms with Crippen molar-refractivity contribution >= 4 is 23.1 Å². The summed E-state index contributed by atoms with van der Waals surface area (Å²) in [5.41, 5.74) is 3.63. The number of nitrogens with zero attached hydrogens (tertiary/aromatic N) is 4. The fraction of sp³-hybridized carbons (Fsp3) is 0.100. The van der Waals surface area contributed by atoms with E-state index in [2.05, 4.69) is 25.9 Å². The average molecular weight is 374 g/mol. The second-order valence-electron chi connectivity index (χ2n) is 5.97. The highest BCUT2D eigenvalue weighted by Crippen LogP contribution is 2.21. The fourth-order valence-electron chi connectivity index (χ4n) is 2.73. The van der Waals surface area contributed by atoms with Crippen molar-refractivity contribution in [3.63, 3.8) is 0 Å². The molecule has 0 unspecified atom stereocenters. The number of hydrogen-bond acceptors (Lipinski definition) is 5. The highest BCUT2D eigenvalue weighted by molar-refractivity contribution is 6.00. The molecule has 0 aliphatic heterocycles. The Morgan fingerprint density at radius 3 is 2.68 bits per heavy atom. The monoisotopic (exact) mass is 374 g/mol. The Balaban J connectivity index is 1.46. The van der Waals surface area contributed by atoms with E-state index < -0.39 is 0 Å². The highest BCUT2D eigenvalue weighted by Gasteiger charge is 2.07. The Hall–Kier alpha value is -3.94. The number of carbonyl (C=O) groups is 1. The van der Waals surface area contributed by atoms with E-state index in [1.807, 2.05) is 55.5 Å². The van der Waals surface area contributed by atoms with Gasteiger partial charge in [-0.05, 0) is 55.5 Å². The van der Waals surface area contributed by atoms with Crippen LogP contribution in [0.3, 0.4) is 0 Å². The summed E-state index contributed by atoms with van der Waals surface area (Å²) < 4.78 is 7.00. The summed E-state index contributed by atoms with van der Waals surface area (Å²) >= 11 is 0. The lowest BCUT2D eigenvalue weighted by molar-refractivity contribution is 0.262. The van der Waals surface area contributed by atoms with Crippen molar-refractivity contribution in [1.29, 1.82) is 0 Å². The lowest BCUT2D eigenvalue weighted by Crippen LogP contribution is -2.19. The topological polar surface area (TPSA) is 93.4 Å². The number of amides is 2. The van der Waals surface area contributed by atoms with Gasteiger partial charge in [0.15, 0.2) is 5.65 Å². The van der Waals surface area contributed by atoms with Crippen LogP contribution in [0.15, 0.2) is 67.0 Å². The molecule has 28 heavy (non-hydrogen) atoms. The van der Waals surface area contributed by atoms with Gasteiger partial charge in [-0.1, -0.05) is 12.1 Å². The first kappa shape index (κ1) is 17.5. The number of aromatic nitrogens is 4. The van der Waals surface area contributed by atoms with Crippen molar-refractivity contribution in [2.24, 2.45) is 0 Å². The second-order valence-corrected chi connectivity index (χ2v) is 5.97. The number of hydrogen-bond donors (Lipinski definition) is 2. The molecule has 2 amide bonds. The molecule has 8 nitrogen and oxygen atoms in total. The van der Waals surface area contributed by atoms with Gasteiger partial charge in [0, 0.05) is 16.9 Å². The molecule has 0 aliphatic carbocycles. The number of ether oxygens (including phenoxy) is 1. The Labute approximate surface area is 161 Å². The van der Waals surface area contributed by atoms with Crippen LogP contribution in [0.5, 0.6) is 5.75 Å². The van der Waals surface area contributed by atoms with Crippen molar-refractivity contribution in [3.8, 4) is 17.0 Å². The van der Waals surface area contributed by atoms with Crippen LogP contribution in [0.4, 0.5) is 16.2 Å². The van der Waals surface area contributed by atoms with E-state index >= 15 is 0 Å². The van der Waals surface area contributed by atoms with Crippen molar-refractivity contribution in [2.75, 3.05) is 17.2 Å². The number of rotatable bonds is 5. The molecule has 140 valence electrons. The fourth-order valence-corrected chi connectivity index (χ4v) is 2.73. The molecular formula is C20H18N6O2. The average Bonchev–Trinajstić information content (AvgIpc) is 3.18. The Kier molecular flexibility index (Phi) is 4.83. The van der Waals surface area contributed by atoms with Crippen LogP contribution in [-0.4, -0.2) is 32.4 Å². The molecule has 0 saturated carbocycles. The van der Waals surface area contributed by atoms with Crippen LogP contribution < -0.4 is 15.4 Å². The zero-order chi connectivity index (χ0) is 19.3. The molecule has 8 heteroatoms. The lowest BCUT2D eigenvalue weighted by atomic mass is 10.1. The van der Waals surface area contributed by atoms with Gasteiger partial charge in [0.1, 0.15) is 12.1 Å². The molecule has 0 aliphatic rings. The Bertz CT molecular complexity index is 1110. The number of fused-ring (bicyclic) bond motifs is 1. The van der Waals surface area contributed by atoms with E-state index in [0.717, 1.165) is 17.0 Å². The maximum atomic E-state index is 12.3. The summed E-state index contributed by atoms with van der Waals surface area (Å²) in [6.07, 6.45) is 1.55. The summed E-state index contributed by atoms with van der Waals surface area (Å²) in [7, 11) is 0. The van der Waals surface area contributed by atoms with Crippen LogP contribution >= 0.6 is 0 Å². The first-order valence-corrected chi connectivity index (χ1v) is 8.79. The van der Waals surface area contributed by atoms with Crippen molar-refractivity contribution in [3.05, 3.63) is 67.0 Å². The smallest absolute Gasteiger partial charge is 0.323 e. The summed E-state index contributed by atoms with van der Waals surface area (Å²) in [5, 5.41) is 17.9. The molecule has 0 saturated heterocycles. The van der Waals surface area contributed by atoms with Crippen molar-refractivity contribution in [2.45, 2.75) is 6.92 Å². The van der Waals surface area contributed by atoms with Gasteiger partial charge in [0.2, 0.25) is 0 Å². The molecular weight excluding hydrogens is 356 g/mol. The standard InChI is InChI=1S/C20H18N6O2/c1-2-28-17-8-6-15(7-9-17)22-20(27)23-16-5-3-4-14(12-16)18-10-11-19-24-21-13-26(19)25-18/h3-13H,2H2,1H3,(H2,22,23,27). The van der Waals surface area contributed by atoms with Gasteiger partial charge in [0.25, 0.3) is 0 Å². The summed E-state index contributed by atoms with van der Waals surface area (Å²) in [4.78, 5) is 12.3. The number of urea groups is 1. The minimum absolute atomic E-state index is 0.330. The summed E-state index contributed by atoms with van der Waals surface area (Å²) in [6, 6.07) is 18.0. The molecule has 0 radical (unpaired) electrons. The number of anilines is 2. The lowest BCUT2D eigenvalue weighted by Gasteiger charge is -2.10. The van der Waals surface area contributed by atoms with Gasteiger partial charge in [-0.2, -0.15) is 9.61 Å². The SMILES string of the molecule is CCOc1ccc(NC(=O)Nc2cccc(-c3ccc4nncn4n3)c2)cc1. The van der Waals surface area contributed by atoms with E-state index in [0.29, 0.717) is 23.6 Å². The van der Waals surface area contributed by atoms with Crippen LogP contribution in [0.2, 0.25) is 0 Å². The van der Waals surface area contributed by atoms with Crippen LogP contribution in [0, 0.1) is 0 Å². The van der Waals surface area contributed by atoms with Crippen molar-refractivity contribution < 1.29 is 9.53 Å². The molecule has 4 rings (SSSR count). The molecule has 2 heterocycles. The van der Waals surface area contributed by atoms with Gasteiger partial charge in [0.05, 0.1) is 12.3 Å². The van der Waals surface area contributed by atoms with Crippen LogP contribution in [-0.2, 0) is 0 Å². The largest absolute Gasteiger partial charge is 0.494 e. The van der Waals surface area contributed by atoms with Gasteiger partial charge >= 0.3 is 6.03 Å². The molecule has 2 aromatic heterocycles. The molecule has 2 N–H and O–H groups in total. The molecule has 0 bridgehead atoms. The predicted molar refractivity (Wildman–Crippen MR) is 106 cm³/mol. The quantitative estimate of drug-likeness (QED) is 0.554. The minimum Gasteiger partial charge on any atom is -0.494 e. The van der Waals surface area contributed by atoms with Gasteiger partial charge < -0.3 is 15.4 Å². The third-order valence-corrected chi connectivity index (χ3v) is 4.00. The zero-order valence-corrected chi connectivity index (χ0v) is 15.2. The first-order valence-electron chi connectivity index (χ1n) is 8.79. The van der Waals surface area contributed by atoms with E-state index in [-0.39, 0.29) is 6.03 Å². The van der Waals surface area contributed by atoms with Crippen LogP contribution in [0.25, 0.3) is 16.9 Å². The third kappa shape index (κ3) is 3.90. The molecule has 4 aromatic rings.